The topological polar surface area (TPSA) is 90.9 Å². The Morgan fingerprint density at radius 3 is 2.00 bits per heavy atom. The summed E-state index contributed by atoms with van der Waals surface area (Å²) < 4.78 is 16.3. The maximum atomic E-state index is 12.8. The van der Waals surface area contributed by atoms with Gasteiger partial charge in [-0.15, -0.1) is 0 Å². The van der Waals surface area contributed by atoms with E-state index < -0.39 is 23.4 Å². The molecule has 0 bridgehead atoms. The van der Waals surface area contributed by atoms with Crippen molar-refractivity contribution in [2.75, 3.05) is 11.5 Å². The fourth-order valence-corrected chi connectivity index (χ4v) is 2.45. The van der Waals surface area contributed by atoms with Crippen molar-refractivity contribution in [2.24, 2.45) is 0 Å². The van der Waals surface area contributed by atoms with Crippen LogP contribution in [0.4, 0.5) is 15.4 Å². The fourth-order valence-electron chi connectivity index (χ4n) is 2.24. The quantitative estimate of drug-likeness (QED) is 0.639. The molecule has 0 spiro atoms. The molecule has 8 nitrogen and oxygen atoms in total. The number of hydrogen-bond acceptors (Lipinski definition) is 7. The third kappa shape index (κ3) is 7.59. The molecule has 9 heteroatoms. The lowest BCUT2D eigenvalue weighted by Crippen LogP contribution is -2.44. The van der Waals surface area contributed by atoms with Crippen molar-refractivity contribution in [3.8, 4) is 0 Å². The number of ether oxygens (including phenoxy) is 3. The van der Waals surface area contributed by atoms with Gasteiger partial charge in [-0.25, -0.2) is 19.6 Å². The van der Waals surface area contributed by atoms with E-state index in [1.54, 1.807) is 41.5 Å². The van der Waals surface area contributed by atoms with Crippen molar-refractivity contribution < 1.29 is 23.8 Å². The van der Waals surface area contributed by atoms with Crippen LogP contribution in [0.15, 0.2) is 6.33 Å². The summed E-state index contributed by atoms with van der Waals surface area (Å²) in [5.74, 6) is 0.00931. The molecule has 0 saturated carbocycles. The van der Waals surface area contributed by atoms with Gasteiger partial charge >= 0.3 is 12.2 Å². The van der Waals surface area contributed by atoms with Crippen LogP contribution in [-0.4, -0.2) is 46.1 Å². The summed E-state index contributed by atoms with van der Waals surface area (Å²) >= 11 is 6.26. The molecule has 1 heterocycles. The molecule has 1 atom stereocenters. The van der Waals surface area contributed by atoms with E-state index in [0.29, 0.717) is 18.6 Å². The summed E-state index contributed by atoms with van der Waals surface area (Å²) in [6.45, 7) is 14.4. The molecule has 0 aliphatic carbocycles. The van der Waals surface area contributed by atoms with Gasteiger partial charge < -0.3 is 14.2 Å². The second-order valence-electron chi connectivity index (χ2n) is 8.23. The number of halogens is 1. The van der Waals surface area contributed by atoms with Crippen LogP contribution in [-0.2, 0) is 20.6 Å². The standard InChI is InChI=1S/C19H30ClN3O5/c1-9-26-12(2)10-13-14(20)21-11-22-15(13)23(16(24)27-18(3,4)5)17(25)28-19(6,7)8/h11-12H,9-10H2,1-8H3. The summed E-state index contributed by atoms with van der Waals surface area (Å²) in [7, 11) is 0. The molecule has 0 aliphatic heterocycles. The van der Waals surface area contributed by atoms with Crippen molar-refractivity contribution in [2.45, 2.75) is 79.1 Å². The van der Waals surface area contributed by atoms with Crippen LogP contribution in [0.5, 0.6) is 0 Å². The molecule has 1 aromatic heterocycles. The zero-order valence-corrected chi connectivity index (χ0v) is 18.6. The monoisotopic (exact) mass is 415 g/mol. The Kier molecular flexibility index (Phi) is 8.19. The van der Waals surface area contributed by atoms with Gasteiger partial charge in [-0.05, 0) is 55.4 Å². The summed E-state index contributed by atoms with van der Waals surface area (Å²) in [5, 5.41) is 0.119. The molecule has 28 heavy (non-hydrogen) atoms. The number of aromatic nitrogens is 2. The minimum Gasteiger partial charge on any atom is -0.443 e. The molecule has 0 aliphatic rings. The predicted octanol–water partition coefficient (Wildman–Crippen LogP) is 4.77. The molecule has 158 valence electrons. The molecule has 0 radical (unpaired) electrons. The van der Waals surface area contributed by atoms with Crippen LogP contribution in [0.1, 0.15) is 61.0 Å². The van der Waals surface area contributed by atoms with Crippen molar-refractivity contribution in [1.29, 1.82) is 0 Å². The third-order valence-corrected chi connectivity index (χ3v) is 3.50. The van der Waals surface area contributed by atoms with Gasteiger partial charge in [0.05, 0.1) is 6.10 Å². The van der Waals surface area contributed by atoms with Gasteiger partial charge in [-0.1, -0.05) is 11.6 Å². The lowest BCUT2D eigenvalue weighted by atomic mass is 10.1. The van der Waals surface area contributed by atoms with E-state index in [4.69, 9.17) is 25.8 Å². The highest BCUT2D eigenvalue weighted by molar-refractivity contribution is 6.30. The molecule has 0 N–H and O–H groups in total. The second-order valence-corrected chi connectivity index (χ2v) is 8.59. The average molecular weight is 416 g/mol. The maximum Gasteiger partial charge on any atom is 0.425 e. The smallest absolute Gasteiger partial charge is 0.425 e. The first-order valence-corrected chi connectivity index (χ1v) is 9.50. The predicted molar refractivity (Wildman–Crippen MR) is 107 cm³/mol. The highest BCUT2D eigenvalue weighted by atomic mass is 35.5. The van der Waals surface area contributed by atoms with Gasteiger partial charge in [0.15, 0.2) is 5.82 Å². The zero-order chi connectivity index (χ0) is 21.7. The fraction of sp³-hybridized carbons (Fsp3) is 0.684. The SMILES string of the molecule is CCOC(C)Cc1c(Cl)ncnc1N(C(=O)OC(C)(C)C)C(=O)OC(C)(C)C. The molecule has 1 unspecified atom stereocenters. The van der Waals surface area contributed by atoms with E-state index in [1.165, 1.54) is 6.33 Å². The number of imide groups is 1. The largest absolute Gasteiger partial charge is 0.443 e. The van der Waals surface area contributed by atoms with Gasteiger partial charge in [0.2, 0.25) is 0 Å². The lowest BCUT2D eigenvalue weighted by Gasteiger charge is -2.29. The lowest BCUT2D eigenvalue weighted by molar-refractivity contribution is 0.0426. The maximum absolute atomic E-state index is 12.8. The molecular formula is C19H30ClN3O5. The van der Waals surface area contributed by atoms with Crippen molar-refractivity contribution >= 4 is 29.6 Å². The van der Waals surface area contributed by atoms with E-state index in [9.17, 15) is 9.59 Å². The third-order valence-electron chi connectivity index (χ3n) is 3.18. The van der Waals surface area contributed by atoms with Crippen LogP contribution < -0.4 is 4.90 Å². The molecule has 0 saturated heterocycles. The minimum absolute atomic E-state index is 0.00931. The number of nitrogens with zero attached hydrogens (tertiary/aromatic N) is 3. The molecular weight excluding hydrogens is 386 g/mol. The first-order valence-electron chi connectivity index (χ1n) is 9.12. The van der Waals surface area contributed by atoms with E-state index in [1.807, 2.05) is 13.8 Å². The normalized spacial score (nSPS) is 13.0. The van der Waals surface area contributed by atoms with Gasteiger partial charge in [-0.3, -0.25) is 0 Å². The minimum atomic E-state index is -0.915. The van der Waals surface area contributed by atoms with Crippen LogP contribution >= 0.6 is 11.6 Å². The van der Waals surface area contributed by atoms with Gasteiger partial charge in [0.25, 0.3) is 0 Å². The summed E-state index contributed by atoms with van der Waals surface area (Å²) in [6, 6.07) is 0. The van der Waals surface area contributed by atoms with Crippen LogP contribution in [0.25, 0.3) is 0 Å². The Balaban J connectivity index is 3.42. The van der Waals surface area contributed by atoms with Crippen LogP contribution in [0.2, 0.25) is 5.15 Å². The number of hydrogen-bond donors (Lipinski definition) is 0. The second kappa shape index (κ2) is 9.52. The first kappa shape index (κ1) is 24.1. The van der Waals surface area contributed by atoms with Crippen molar-refractivity contribution in [3.05, 3.63) is 17.0 Å². The van der Waals surface area contributed by atoms with E-state index in [0.717, 1.165) is 4.90 Å². The summed E-state index contributed by atoms with van der Waals surface area (Å²) in [5.41, 5.74) is -1.26. The van der Waals surface area contributed by atoms with Crippen molar-refractivity contribution in [3.63, 3.8) is 0 Å². The molecule has 0 aromatic carbocycles. The van der Waals surface area contributed by atoms with E-state index in [2.05, 4.69) is 9.97 Å². The van der Waals surface area contributed by atoms with Crippen LogP contribution in [0, 0.1) is 0 Å². The number of anilines is 1. The Hall–Kier alpha value is -1.93. The van der Waals surface area contributed by atoms with Gasteiger partial charge in [-0.2, -0.15) is 4.90 Å². The number of amides is 2. The Bertz CT molecular complexity index is 670. The Labute approximate surface area is 171 Å². The number of rotatable bonds is 5. The van der Waals surface area contributed by atoms with E-state index in [-0.39, 0.29) is 17.1 Å². The highest BCUT2D eigenvalue weighted by Crippen LogP contribution is 2.28. The molecule has 1 rings (SSSR count). The van der Waals surface area contributed by atoms with Gasteiger partial charge in [0, 0.05) is 18.6 Å². The average Bonchev–Trinajstić information content (AvgIpc) is 2.47. The van der Waals surface area contributed by atoms with Gasteiger partial charge in [0.1, 0.15) is 22.7 Å². The van der Waals surface area contributed by atoms with Crippen molar-refractivity contribution in [1.82, 2.24) is 9.97 Å². The summed E-state index contributed by atoms with van der Waals surface area (Å²) in [4.78, 5) is 34.5. The zero-order valence-electron chi connectivity index (χ0n) is 17.8. The molecule has 1 aromatic rings. The highest BCUT2D eigenvalue weighted by Gasteiger charge is 2.36. The number of carbonyl (C=O) groups excluding carboxylic acids is 2. The Morgan fingerprint density at radius 1 is 1.07 bits per heavy atom. The van der Waals surface area contributed by atoms with E-state index >= 15 is 0 Å². The first-order chi connectivity index (χ1) is 12.7. The number of carbonyl (C=O) groups is 2. The molecule has 2 amide bonds. The summed E-state index contributed by atoms with van der Waals surface area (Å²) in [6.07, 6.45) is -0.589. The Morgan fingerprint density at radius 2 is 1.57 bits per heavy atom. The van der Waals surface area contributed by atoms with Crippen LogP contribution in [0.3, 0.4) is 0 Å². The molecule has 0 fully saturated rings.